The number of rotatable bonds is 5. The Kier molecular flexibility index (Phi) is 32.7. The molecule has 23 aromatic rings. The van der Waals surface area contributed by atoms with Crippen LogP contribution >= 0.6 is 0 Å². The van der Waals surface area contributed by atoms with Gasteiger partial charge in [0.1, 0.15) is 0 Å². The van der Waals surface area contributed by atoms with Crippen molar-refractivity contribution in [3.05, 3.63) is 503 Å². The summed E-state index contributed by atoms with van der Waals surface area (Å²) in [6, 6.07) is 111. The minimum atomic E-state index is 0.0127. The molecule has 128 heavy (non-hydrogen) atoms. The zero-order valence-electron chi connectivity index (χ0n) is 71.4. The lowest BCUT2D eigenvalue weighted by Crippen LogP contribution is -2.07. The number of aromatic nitrogens is 14. The van der Waals surface area contributed by atoms with Crippen molar-refractivity contribution in [2.45, 2.75) is 20.8 Å². The van der Waals surface area contributed by atoms with E-state index in [0.717, 1.165) is 65.9 Å². The first kappa shape index (κ1) is 88.6. The molecular formula is C111H91N15O2. The third-order valence-corrected chi connectivity index (χ3v) is 19.6. The van der Waals surface area contributed by atoms with Gasteiger partial charge in [0.05, 0.1) is 38.6 Å². The van der Waals surface area contributed by atoms with Crippen LogP contribution in [-0.4, -0.2) is 95.4 Å². The van der Waals surface area contributed by atoms with E-state index in [-0.39, 0.29) is 11.6 Å². The zero-order valence-corrected chi connectivity index (χ0v) is 71.4. The van der Waals surface area contributed by atoms with Gasteiger partial charge in [0.25, 0.3) is 0 Å². The monoisotopic (exact) mass is 1670 g/mol. The van der Waals surface area contributed by atoms with Crippen molar-refractivity contribution in [1.29, 1.82) is 0 Å². The van der Waals surface area contributed by atoms with Crippen molar-refractivity contribution >= 4 is 126 Å². The molecule has 0 N–H and O–H groups in total. The standard InChI is InChI=1S/2C13H9N.3C12H8N2.2C12H9NO.C7H10N2.3C6H7N/c1-2-5-11-9-13-12(6-3-7-14-13)8-10(11)4-1;1-2-4-11-8-13-9-14-6-5-12(13)7-10(11)3-1;2*1-3-9-7-12-10(4-2-6-14-12)8-11(9)13-5-1;1-2-4-10-8-12-11(7-9(10)3-1)13-5-6-14-12;14-12(10-5-2-1-3-6-10)11-7-4-8-13-9-11;14-12(10-4-2-1-3-5-10)11-6-8-13-9-7-11;1-9(2)7-3-5-8-6-4-7;1-6-2-4-7-5-3-6;1-6-3-2-4-7-5-6;1-6-4-2-3-5-7-6/h2*1-9H;3*1-8H;2*1-9H;3-6H,1-2H3;3*2-5H,1H3. The van der Waals surface area contributed by atoms with E-state index in [9.17, 15) is 9.59 Å². The van der Waals surface area contributed by atoms with E-state index in [1.807, 2.05) is 241 Å². The van der Waals surface area contributed by atoms with Crippen LogP contribution in [0.15, 0.2) is 464 Å². The fourth-order valence-electron chi connectivity index (χ4n) is 12.9. The van der Waals surface area contributed by atoms with E-state index in [2.05, 4.69) is 221 Å². The molecule has 0 bridgehead atoms. The summed E-state index contributed by atoms with van der Waals surface area (Å²) in [6.45, 7) is 6.04. The summed E-state index contributed by atoms with van der Waals surface area (Å²) in [6.07, 6.45) is 35.3. The molecule has 0 fully saturated rings. The molecule has 23 rings (SSSR count). The summed E-state index contributed by atoms with van der Waals surface area (Å²) >= 11 is 0. The van der Waals surface area contributed by atoms with E-state index in [1.165, 1.54) is 65.3 Å². The zero-order chi connectivity index (χ0) is 88.5. The number of hydrogen-bond donors (Lipinski definition) is 0. The van der Waals surface area contributed by atoms with Gasteiger partial charge in [-0.1, -0.05) is 176 Å². The average molecular weight is 1670 g/mol. The van der Waals surface area contributed by atoms with Gasteiger partial charge in [-0.15, -0.1) is 0 Å². The van der Waals surface area contributed by atoms with Crippen LogP contribution in [0, 0.1) is 20.8 Å². The molecule has 0 amide bonds. The quantitative estimate of drug-likeness (QED) is 0.116. The van der Waals surface area contributed by atoms with Gasteiger partial charge in [0.15, 0.2) is 11.6 Å². The van der Waals surface area contributed by atoms with Gasteiger partial charge >= 0.3 is 0 Å². The Hall–Kier alpha value is -17.2. The van der Waals surface area contributed by atoms with Gasteiger partial charge in [-0.25, -0.2) is 0 Å². The van der Waals surface area contributed by atoms with Crippen molar-refractivity contribution in [2.75, 3.05) is 19.0 Å². The van der Waals surface area contributed by atoms with E-state index in [4.69, 9.17) is 0 Å². The Morgan fingerprint density at radius 3 is 0.852 bits per heavy atom. The van der Waals surface area contributed by atoms with E-state index in [1.54, 1.807) is 111 Å². The molecule has 13 aromatic heterocycles. The number of nitrogens with zero attached hydrogens (tertiary/aromatic N) is 15. The summed E-state index contributed by atoms with van der Waals surface area (Å²) in [5.74, 6) is 0.0479. The molecule has 0 spiro atoms. The Labute approximate surface area is 743 Å². The number of carbonyl (C=O) groups excluding carboxylic acids is 2. The van der Waals surface area contributed by atoms with Gasteiger partial charge in [0.2, 0.25) is 0 Å². The predicted octanol–water partition coefficient (Wildman–Crippen LogP) is 25.1. The molecule has 0 aliphatic rings. The fraction of sp³-hybridized carbons (Fsp3) is 0.0450. The van der Waals surface area contributed by atoms with Crippen LogP contribution < -0.4 is 4.90 Å². The lowest BCUT2D eigenvalue weighted by molar-refractivity contribution is 0.103. The van der Waals surface area contributed by atoms with E-state index in [0.29, 0.717) is 22.3 Å². The van der Waals surface area contributed by atoms with Crippen molar-refractivity contribution in [2.24, 2.45) is 0 Å². The molecule has 0 aliphatic carbocycles. The average Bonchev–Trinajstić information content (AvgIpc) is 0.839. The summed E-state index contributed by atoms with van der Waals surface area (Å²) in [7, 11) is 4.02. The van der Waals surface area contributed by atoms with Crippen molar-refractivity contribution in [1.82, 2.24) is 69.8 Å². The van der Waals surface area contributed by atoms with Gasteiger partial charge in [-0.2, -0.15) is 0 Å². The number of fused-ring (bicyclic) bond motifs is 10. The number of anilines is 1. The first-order chi connectivity index (χ1) is 62.9. The molecule has 0 saturated carbocycles. The highest BCUT2D eigenvalue weighted by molar-refractivity contribution is 6.09. The summed E-state index contributed by atoms with van der Waals surface area (Å²) < 4.78 is 0. The molecule has 0 aliphatic heterocycles. The number of carbonyl (C=O) groups is 2. The van der Waals surface area contributed by atoms with Crippen molar-refractivity contribution in [3.63, 3.8) is 0 Å². The van der Waals surface area contributed by atoms with Gasteiger partial charge in [-0.05, 0) is 233 Å². The molecule has 0 atom stereocenters. The van der Waals surface area contributed by atoms with Gasteiger partial charge < -0.3 is 4.90 Å². The SMILES string of the molecule is CN(C)c1ccncc1.Cc1ccccn1.Cc1cccnc1.Cc1ccncc1.O=C(c1ccccc1)c1cccnc1.O=C(c1ccccc1)c1ccncc1.c1ccc2cc3cnccc3cc2c1.c1ccc2cc3ncccc3cc2c1.c1ccc2cc3nccnc3cc2c1.c1cnc2cc3cccnc3cc2c1.c1cnc2cc3cccnc3cc2c1. The molecule has 0 unspecified atom stereocenters. The first-order valence-electron chi connectivity index (χ1n) is 41.3. The Balaban J connectivity index is 0.000000121. The smallest absolute Gasteiger partial charge is 0.194 e. The maximum Gasteiger partial charge on any atom is 0.194 e. The second kappa shape index (κ2) is 47.3. The molecular weight excluding hydrogens is 1580 g/mol. The number of pyridine rings is 12. The van der Waals surface area contributed by atoms with E-state index >= 15 is 0 Å². The highest BCUT2D eigenvalue weighted by Crippen LogP contribution is 2.26. The van der Waals surface area contributed by atoms with Crippen LogP contribution in [0.2, 0.25) is 0 Å². The number of aryl methyl sites for hydroxylation is 3. The lowest BCUT2D eigenvalue weighted by atomic mass is 10.1. The molecule has 622 valence electrons. The van der Waals surface area contributed by atoms with Crippen LogP contribution in [-0.2, 0) is 0 Å². The third-order valence-electron chi connectivity index (χ3n) is 19.6. The van der Waals surface area contributed by atoms with E-state index < -0.39 is 0 Å². The van der Waals surface area contributed by atoms with Crippen LogP contribution in [0.3, 0.4) is 0 Å². The summed E-state index contributed by atoms with van der Waals surface area (Å²) in [5.41, 5.74) is 14.5. The predicted molar refractivity (Wildman–Crippen MR) is 523 cm³/mol. The van der Waals surface area contributed by atoms with Crippen LogP contribution in [0.1, 0.15) is 48.7 Å². The largest absolute Gasteiger partial charge is 0.378 e. The minimum absolute atomic E-state index is 0.0127. The normalized spacial score (nSPS) is 10.1. The lowest BCUT2D eigenvalue weighted by Gasteiger charge is -2.10. The van der Waals surface area contributed by atoms with Crippen LogP contribution in [0.4, 0.5) is 5.69 Å². The molecule has 17 heteroatoms. The van der Waals surface area contributed by atoms with Gasteiger partial charge in [0, 0.05) is 204 Å². The fourth-order valence-corrected chi connectivity index (χ4v) is 12.9. The number of ketones is 2. The maximum absolute atomic E-state index is 11.8. The maximum atomic E-state index is 11.8. The summed E-state index contributed by atoms with van der Waals surface area (Å²) in [5, 5.41) is 15.7. The van der Waals surface area contributed by atoms with Crippen LogP contribution in [0.25, 0.3) is 109 Å². The summed E-state index contributed by atoms with van der Waals surface area (Å²) in [4.78, 5) is 83.3. The minimum Gasteiger partial charge on any atom is -0.378 e. The molecule has 13 heterocycles. The Morgan fingerprint density at radius 2 is 0.492 bits per heavy atom. The first-order valence-corrected chi connectivity index (χ1v) is 41.3. The molecule has 0 radical (unpaired) electrons. The third kappa shape index (κ3) is 26.9. The molecule has 0 saturated heterocycles. The highest BCUT2D eigenvalue weighted by atomic mass is 16.1. The second-order valence-electron chi connectivity index (χ2n) is 29.0. The highest BCUT2D eigenvalue weighted by Gasteiger charge is 2.09. The molecule has 17 nitrogen and oxygen atoms in total. The topological polar surface area (TPSA) is 218 Å². The number of benzene rings is 10. The van der Waals surface area contributed by atoms with Crippen molar-refractivity contribution < 1.29 is 9.59 Å². The Bertz CT molecular complexity index is 5950. The van der Waals surface area contributed by atoms with Gasteiger partial charge in [-0.3, -0.25) is 79.4 Å². The number of hydrogen-bond acceptors (Lipinski definition) is 17. The Morgan fingerprint density at radius 1 is 0.195 bits per heavy atom. The van der Waals surface area contributed by atoms with Crippen LogP contribution in [0.5, 0.6) is 0 Å². The molecule has 10 aromatic carbocycles. The second-order valence-corrected chi connectivity index (χ2v) is 29.0. The van der Waals surface area contributed by atoms with Crippen molar-refractivity contribution in [3.8, 4) is 0 Å².